The van der Waals surface area contributed by atoms with Gasteiger partial charge in [0.25, 0.3) is 0 Å². The fraction of sp³-hybridized carbons (Fsp3) is 0.312. The summed E-state index contributed by atoms with van der Waals surface area (Å²) < 4.78 is 5.15. The van der Waals surface area contributed by atoms with Crippen molar-refractivity contribution < 1.29 is 19.1 Å². The average Bonchev–Trinajstić information content (AvgIpc) is 2.50. The Bertz CT molecular complexity index is 784. The second kappa shape index (κ2) is 7.82. The number of thiol groups is 1. The molecule has 0 saturated heterocycles. The lowest BCUT2D eigenvalue weighted by atomic mass is 10.1. The van der Waals surface area contributed by atoms with E-state index in [0.29, 0.717) is 29.9 Å². The first-order valence-electron chi connectivity index (χ1n) is 7.19. The third kappa shape index (κ3) is 4.85. The zero-order valence-electron chi connectivity index (χ0n) is 12.4. The van der Waals surface area contributed by atoms with Crippen LogP contribution >= 0.6 is 12.6 Å². The Morgan fingerprint density at radius 3 is 2.61 bits per heavy atom. The Kier molecular flexibility index (Phi) is 5.81. The van der Waals surface area contributed by atoms with E-state index in [4.69, 9.17) is 9.52 Å². The maximum Gasteiger partial charge on any atom is 0.336 e. The second-order valence-electron chi connectivity index (χ2n) is 5.11. The number of hydrogen-bond donors (Lipinski definition) is 3. The van der Waals surface area contributed by atoms with E-state index in [0.717, 1.165) is 10.9 Å². The highest BCUT2D eigenvalue weighted by atomic mass is 32.1. The molecule has 1 aromatic carbocycles. The summed E-state index contributed by atoms with van der Waals surface area (Å²) in [7, 11) is 0. The van der Waals surface area contributed by atoms with Crippen LogP contribution in [0.3, 0.4) is 0 Å². The summed E-state index contributed by atoms with van der Waals surface area (Å²) in [4.78, 5) is 33.7. The number of benzene rings is 1. The number of fused-ring (bicyclic) bond motifs is 1. The number of unbranched alkanes of at least 4 members (excludes halogenated alkanes) is 1. The SMILES string of the molecule is O=C(O)CCCCC(=O)Nc1ccc2c(CS)cc(=O)oc2c1. The van der Waals surface area contributed by atoms with Gasteiger partial charge in [0, 0.05) is 41.8 Å². The van der Waals surface area contributed by atoms with Gasteiger partial charge in [-0.05, 0) is 30.5 Å². The topological polar surface area (TPSA) is 96.6 Å². The summed E-state index contributed by atoms with van der Waals surface area (Å²) >= 11 is 4.18. The molecule has 23 heavy (non-hydrogen) atoms. The van der Waals surface area contributed by atoms with Gasteiger partial charge in [-0.15, -0.1) is 0 Å². The summed E-state index contributed by atoms with van der Waals surface area (Å²) in [6.07, 6.45) is 1.26. The van der Waals surface area contributed by atoms with Crippen LogP contribution in [0.4, 0.5) is 5.69 Å². The molecule has 0 saturated carbocycles. The fourth-order valence-electron chi connectivity index (χ4n) is 2.22. The van der Waals surface area contributed by atoms with Crippen LogP contribution in [0.1, 0.15) is 31.2 Å². The van der Waals surface area contributed by atoms with E-state index in [1.807, 2.05) is 0 Å². The van der Waals surface area contributed by atoms with Gasteiger partial charge in [-0.2, -0.15) is 12.6 Å². The highest BCUT2D eigenvalue weighted by Gasteiger charge is 2.08. The minimum atomic E-state index is -0.866. The molecule has 122 valence electrons. The van der Waals surface area contributed by atoms with Crippen molar-refractivity contribution in [2.75, 3.05) is 5.32 Å². The smallest absolute Gasteiger partial charge is 0.336 e. The zero-order valence-corrected chi connectivity index (χ0v) is 13.3. The molecule has 0 fully saturated rings. The Morgan fingerprint density at radius 1 is 1.17 bits per heavy atom. The van der Waals surface area contributed by atoms with E-state index in [1.165, 1.54) is 6.07 Å². The molecule has 1 aromatic heterocycles. The molecule has 1 amide bonds. The summed E-state index contributed by atoms with van der Waals surface area (Å²) in [5.74, 6) is -0.658. The maximum atomic E-state index is 11.8. The molecule has 0 aliphatic carbocycles. The number of amides is 1. The van der Waals surface area contributed by atoms with Gasteiger partial charge in [0.05, 0.1) is 0 Å². The van der Waals surface area contributed by atoms with Crippen LogP contribution in [0.25, 0.3) is 11.0 Å². The van der Waals surface area contributed by atoms with Crippen LogP contribution in [0.15, 0.2) is 33.5 Å². The maximum absolute atomic E-state index is 11.8. The monoisotopic (exact) mass is 335 g/mol. The van der Waals surface area contributed by atoms with Crippen molar-refractivity contribution in [2.24, 2.45) is 0 Å². The molecule has 0 spiro atoms. The predicted octanol–water partition coefficient (Wildman–Crippen LogP) is 2.81. The molecule has 2 aromatic rings. The van der Waals surface area contributed by atoms with Crippen LogP contribution in [0, 0.1) is 0 Å². The van der Waals surface area contributed by atoms with Crippen molar-refractivity contribution in [3.63, 3.8) is 0 Å². The summed E-state index contributed by atoms with van der Waals surface area (Å²) in [6.45, 7) is 0. The number of anilines is 1. The molecule has 0 atom stereocenters. The largest absolute Gasteiger partial charge is 0.481 e. The molecule has 7 heteroatoms. The third-order valence-corrected chi connectivity index (χ3v) is 3.67. The van der Waals surface area contributed by atoms with Gasteiger partial charge >= 0.3 is 11.6 Å². The standard InChI is InChI=1S/C16H17NO5S/c18-14(3-1-2-4-15(19)20)17-11-5-6-12-10(9-23)7-16(21)22-13(12)8-11/h5-8,23H,1-4,9H2,(H,17,18)(H,19,20). The average molecular weight is 335 g/mol. The highest BCUT2D eigenvalue weighted by molar-refractivity contribution is 7.79. The predicted molar refractivity (Wildman–Crippen MR) is 89.9 cm³/mol. The van der Waals surface area contributed by atoms with E-state index in [9.17, 15) is 14.4 Å². The van der Waals surface area contributed by atoms with Gasteiger partial charge in [0.1, 0.15) is 5.58 Å². The molecular formula is C16H17NO5S. The fourth-order valence-corrected chi connectivity index (χ4v) is 2.49. The molecule has 1 heterocycles. The minimum Gasteiger partial charge on any atom is -0.481 e. The number of carboxylic acids is 1. The van der Waals surface area contributed by atoms with Crippen molar-refractivity contribution in [3.05, 3.63) is 40.2 Å². The van der Waals surface area contributed by atoms with E-state index in [-0.39, 0.29) is 18.7 Å². The highest BCUT2D eigenvalue weighted by Crippen LogP contribution is 2.22. The van der Waals surface area contributed by atoms with E-state index >= 15 is 0 Å². The second-order valence-corrected chi connectivity index (χ2v) is 5.42. The Labute approximate surface area is 137 Å². The van der Waals surface area contributed by atoms with Crippen LogP contribution in [-0.4, -0.2) is 17.0 Å². The van der Waals surface area contributed by atoms with Gasteiger partial charge < -0.3 is 14.8 Å². The quantitative estimate of drug-likeness (QED) is 0.411. The van der Waals surface area contributed by atoms with Gasteiger partial charge in [-0.1, -0.05) is 0 Å². The van der Waals surface area contributed by atoms with E-state index < -0.39 is 11.6 Å². The van der Waals surface area contributed by atoms with Crippen molar-refractivity contribution in [1.82, 2.24) is 0 Å². The lowest BCUT2D eigenvalue weighted by molar-refractivity contribution is -0.137. The number of nitrogens with one attached hydrogen (secondary N) is 1. The number of rotatable bonds is 7. The molecule has 0 radical (unpaired) electrons. The Hall–Kier alpha value is -2.28. The molecule has 2 rings (SSSR count). The van der Waals surface area contributed by atoms with Crippen molar-refractivity contribution in [2.45, 2.75) is 31.4 Å². The summed E-state index contributed by atoms with van der Waals surface area (Å²) in [5, 5.41) is 12.0. The molecular weight excluding hydrogens is 318 g/mol. The van der Waals surface area contributed by atoms with Crippen LogP contribution in [-0.2, 0) is 15.3 Å². The molecule has 6 nitrogen and oxygen atoms in total. The van der Waals surface area contributed by atoms with Crippen LogP contribution < -0.4 is 10.9 Å². The van der Waals surface area contributed by atoms with Gasteiger partial charge in [-0.25, -0.2) is 4.79 Å². The van der Waals surface area contributed by atoms with Gasteiger partial charge in [0.2, 0.25) is 5.91 Å². The lowest BCUT2D eigenvalue weighted by Crippen LogP contribution is -2.11. The number of carbonyl (C=O) groups excluding carboxylic acids is 1. The van der Waals surface area contributed by atoms with Crippen molar-refractivity contribution in [1.29, 1.82) is 0 Å². The van der Waals surface area contributed by atoms with Crippen molar-refractivity contribution in [3.8, 4) is 0 Å². The van der Waals surface area contributed by atoms with Crippen LogP contribution in [0.2, 0.25) is 0 Å². The molecule has 0 aliphatic heterocycles. The minimum absolute atomic E-state index is 0.0565. The molecule has 0 bridgehead atoms. The van der Waals surface area contributed by atoms with Crippen LogP contribution in [0.5, 0.6) is 0 Å². The first-order valence-corrected chi connectivity index (χ1v) is 7.82. The number of carboxylic acid groups (broad SMARTS) is 1. The third-order valence-electron chi connectivity index (χ3n) is 3.33. The van der Waals surface area contributed by atoms with Gasteiger partial charge in [0.15, 0.2) is 0 Å². The lowest BCUT2D eigenvalue weighted by Gasteiger charge is -2.07. The summed E-state index contributed by atoms with van der Waals surface area (Å²) in [5.41, 5.74) is 1.23. The molecule has 2 N–H and O–H groups in total. The first-order chi connectivity index (χ1) is 11.0. The molecule has 0 aliphatic rings. The van der Waals surface area contributed by atoms with Gasteiger partial charge in [-0.3, -0.25) is 9.59 Å². The van der Waals surface area contributed by atoms with Crippen molar-refractivity contribution >= 4 is 41.2 Å². The summed E-state index contributed by atoms with van der Waals surface area (Å²) in [6, 6.07) is 6.49. The Balaban J connectivity index is 2.05. The van der Waals surface area contributed by atoms with E-state index in [1.54, 1.807) is 18.2 Å². The first kappa shape index (κ1) is 17.1. The van der Waals surface area contributed by atoms with E-state index in [2.05, 4.69) is 17.9 Å². The number of carbonyl (C=O) groups is 2. The normalized spacial score (nSPS) is 10.7. The Morgan fingerprint density at radius 2 is 1.91 bits per heavy atom. The molecule has 0 unspecified atom stereocenters. The zero-order chi connectivity index (χ0) is 16.8. The number of aliphatic carboxylic acids is 1. The number of hydrogen-bond acceptors (Lipinski definition) is 5.